The minimum Gasteiger partial charge on any atom is -0.465 e. The monoisotopic (exact) mass is 303 g/mol. The average molecular weight is 304 g/mol. The fraction of sp³-hybridized carbons (Fsp3) is 0.364. The van der Waals surface area contributed by atoms with Crippen LogP contribution >= 0.6 is 27.7 Å². The van der Waals surface area contributed by atoms with Gasteiger partial charge < -0.3 is 10.5 Å². The number of anilines is 1. The number of thioether (sulfide) groups is 1. The molecule has 88 valence electrons. The van der Waals surface area contributed by atoms with Crippen molar-refractivity contribution in [3.63, 3.8) is 0 Å². The molecule has 0 aliphatic heterocycles. The van der Waals surface area contributed by atoms with E-state index in [0.29, 0.717) is 12.4 Å². The van der Waals surface area contributed by atoms with Gasteiger partial charge in [0.1, 0.15) is 0 Å². The van der Waals surface area contributed by atoms with Gasteiger partial charge in [-0.25, -0.2) is 0 Å². The number of hydrogen-bond donors (Lipinski definition) is 1. The van der Waals surface area contributed by atoms with Crippen molar-refractivity contribution in [1.82, 2.24) is 0 Å². The Morgan fingerprint density at radius 1 is 1.56 bits per heavy atom. The van der Waals surface area contributed by atoms with Gasteiger partial charge in [-0.3, -0.25) is 4.79 Å². The van der Waals surface area contributed by atoms with E-state index >= 15 is 0 Å². The molecule has 0 heterocycles. The van der Waals surface area contributed by atoms with Crippen molar-refractivity contribution in [2.24, 2.45) is 0 Å². The topological polar surface area (TPSA) is 52.3 Å². The summed E-state index contributed by atoms with van der Waals surface area (Å²) in [7, 11) is 0. The van der Waals surface area contributed by atoms with E-state index in [1.807, 2.05) is 18.2 Å². The quantitative estimate of drug-likeness (QED) is 0.671. The number of nitrogens with two attached hydrogens (primary N) is 1. The number of rotatable bonds is 5. The van der Waals surface area contributed by atoms with Crippen LogP contribution in [0, 0.1) is 0 Å². The molecule has 0 aliphatic rings. The van der Waals surface area contributed by atoms with Gasteiger partial charge in [-0.2, -0.15) is 0 Å². The van der Waals surface area contributed by atoms with E-state index in [4.69, 9.17) is 10.5 Å². The van der Waals surface area contributed by atoms with E-state index in [0.717, 1.165) is 21.5 Å². The number of halogens is 1. The molecule has 0 aromatic heterocycles. The molecule has 0 fully saturated rings. The van der Waals surface area contributed by atoms with Gasteiger partial charge in [-0.15, -0.1) is 11.8 Å². The van der Waals surface area contributed by atoms with Crippen LogP contribution in [0.15, 0.2) is 22.7 Å². The van der Waals surface area contributed by atoms with E-state index in [2.05, 4.69) is 15.9 Å². The zero-order chi connectivity index (χ0) is 12.0. The van der Waals surface area contributed by atoms with Crippen LogP contribution in [0.2, 0.25) is 0 Å². The molecule has 0 radical (unpaired) electrons. The first kappa shape index (κ1) is 13.4. The van der Waals surface area contributed by atoms with E-state index in [9.17, 15) is 4.79 Å². The Balaban J connectivity index is 2.40. The fourth-order valence-corrected chi connectivity index (χ4v) is 2.67. The van der Waals surface area contributed by atoms with E-state index in [-0.39, 0.29) is 5.97 Å². The predicted molar refractivity (Wildman–Crippen MR) is 71.3 cm³/mol. The highest BCUT2D eigenvalue weighted by Gasteiger charge is 2.04. The van der Waals surface area contributed by atoms with E-state index < -0.39 is 0 Å². The third-order valence-electron chi connectivity index (χ3n) is 1.86. The van der Waals surface area contributed by atoms with Gasteiger partial charge in [-0.1, -0.05) is 22.0 Å². The van der Waals surface area contributed by atoms with Gasteiger partial charge in [0.25, 0.3) is 0 Å². The first-order valence-corrected chi connectivity index (χ1v) is 6.85. The van der Waals surface area contributed by atoms with Crippen molar-refractivity contribution in [2.45, 2.75) is 12.7 Å². The maximum atomic E-state index is 11.1. The van der Waals surface area contributed by atoms with Crippen molar-refractivity contribution >= 4 is 39.3 Å². The Morgan fingerprint density at radius 2 is 2.31 bits per heavy atom. The highest BCUT2D eigenvalue weighted by molar-refractivity contribution is 9.10. The van der Waals surface area contributed by atoms with Crippen LogP contribution in [-0.2, 0) is 15.3 Å². The molecule has 2 N–H and O–H groups in total. The first-order chi connectivity index (χ1) is 7.63. The molecular weight excluding hydrogens is 290 g/mol. The standard InChI is InChI=1S/C11H14BrNO2S/c1-2-15-11(14)7-16-6-8-3-4-9(13)5-10(8)12/h3-5H,2,6-7,13H2,1H3. The van der Waals surface area contributed by atoms with Gasteiger partial charge in [0.05, 0.1) is 12.4 Å². The van der Waals surface area contributed by atoms with Crippen LogP contribution in [0.3, 0.4) is 0 Å². The number of carbonyl (C=O) groups excluding carboxylic acids is 1. The predicted octanol–water partition coefficient (Wildman–Crippen LogP) is 2.83. The number of ether oxygens (including phenoxy) is 1. The third-order valence-corrected chi connectivity index (χ3v) is 3.55. The highest BCUT2D eigenvalue weighted by Crippen LogP contribution is 2.23. The Hall–Kier alpha value is -0.680. The van der Waals surface area contributed by atoms with E-state index in [1.54, 1.807) is 6.92 Å². The summed E-state index contributed by atoms with van der Waals surface area (Å²) in [4.78, 5) is 11.1. The van der Waals surface area contributed by atoms with Crippen molar-refractivity contribution in [3.05, 3.63) is 28.2 Å². The van der Waals surface area contributed by atoms with Crippen LogP contribution in [0.4, 0.5) is 5.69 Å². The highest BCUT2D eigenvalue weighted by atomic mass is 79.9. The van der Waals surface area contributed by atoms with Gasteiger partial charge in [0.15, 0.2) is 0 Å². The Morgan fingerprint density at radius 3 is 2.94 bits per heavy atom. The SMILES string of the molecule is CCOC(=O)CSCc1ccc(N)cc1Br. The van der Waals surface area contributed by atoms with Crippen LogP contribution < -0.4 is 5.73 Å². The molecular formula is C11H14BrNO2S. The molecule has 1 aromatic carbocycles. The molecule has 0 amide bonds. The van der Waals surface area contributed by atoms with Crippen LogP contribution in [0.25, 0.3) is 0 Å². The lowest BCUT2D eigenvalue weighted by Crippen LogP contribution is -2.06. The van der Waals surface area contributed by atoms with Crippen LogP contribution in [0.5, 0.6) is 0 Å². The lowest BCUT2D eigenvalue weighted by atomic mass is 10.2. The summed E-state index contributed by atoms with van der Waals surface area (Å²) in [5.74, 6) is 0.976. The van der Waals surface area contributed by atoms with Gasteiger partial charge >= 0.3 is 5.97 Å². The van der Waals surface area contributed by atoms with Gasteiger partial charge in [-0.05, 0) is 24.6 Å². The molecule has 1 aromatic rings. The van der Waals surface area contributed by atoms with Crippen molar-refractivity contribution in [3.8, 4) is 0 Å². The summed E-state index contributed by atoms with van der Waals surface area (Å²) in [6, 6.07) is 5.67. The summed E-state index contributed by atoms with van der Waals surface area (Å²) in [6.45, 7) is 2.24. The van der Waals surface area contributed by atoms with Gasteiger partial charge in [0, 0.05) is 15.9 Å². The van der Waals surface area contributed by atoms with Crippen molar-refractivity contribution in [2.75, 3.05) is 18.1 Å². The molecule has 0 spiro atoms. The fourth-order valence-electron chi connectivity index (χ4n) is 1.13. The zero-order valence-electron chi connectivity index (χ0n) is 9.03. The second kappa shape index (κ2) is 6.81. The molecule has 1 rings (SSSR count). The number of benzene rings is 1. The second-order valence-corrected chi connectivity index (χ2v) is 4.99. The van der Waals surface area contributed by atoms with Crippen molar-refractivity contribution < 1.29 is 9.53 Å². The molecule has 0 saturated heterocycles. The summed E-state index contributed by atoms with van der Waals surface area (Å²) < 4.78 is 5.81. The zero-order valence-corrected chi connectivity index (χ0v) is 11.4. The van der Waals surface area contributed by atoms with Crippen LogP contribution in [0.1, 0.15) is 12.5 Å². The second-order valence-electron chi connectivity index (χ2n) is 3.15. The average Bonchev–Trinajstić information content (AvgIpc) is 2.22. The number of nitrogen functional groups attached to an aromatic ring is 1. The van der Waals surface area contributed by atoms with Crippen molar-refractivity contribution in [1.29, 1.82) is 0 Å². The Bertz CT molecular complexity index is 371. The first-order valence-electron chi connectivity index (χ1n) is 4.90. The largest absolute Gasteiger partial charge is 0.465 e. The molecule has 3 nitrogen and oxygen atoms in total. The number of hydrogen-bond acceptors (Lipinski definition) is 4. The normalized spacial score (nSPS) is 10.1. The molecule has 0 bridgehead atoms. The maximum Gasteiger partial charge on any atom is 0.315 e. The lowest BCUT2D eigenvalue weighted by Gasteiger charge is -2.05. The Kier molecular flexibility index (Phi) is 5.69. The lowest BCUT2D eigenvalue weighted by molar-refractivity contribution is -0.139. The number of esters is 1. The maximum absolute atomic E-state index is 11.1. The summed E-state index contributed by atoms with van der Waals surface area (Å²) >= 11 is 4.96. The van der Waals surface area contributed by atoms with Gasteiger partial charge in [0.2, 0.25) is 0 Å². The van der Waals surface area contributed by atoms with E-state index in [1.165, 1.54) is 11.8 Å². The molecule has 0 aliphatic carbocycles. The molecule has 16 heavy (non-hydrogen) atoms. The minimum absolute atomic E-state index is 0.168. The minimum atomic E-state index is -0.168. The van der Waals surface area contributed by atoms with Crippen LogP contribution in [-0.4, -0.2) is 18.3 Å². The molecule has 0 saturated carbocycles. The molecule has 5 heteroatoms. The number of carbonyl (C=O) groups is 1. The third kappa shape index (κ3) is 4.45. The Labute approximate surface area is 108 Å². The summed E-state index contributed by atoms with van der Waals surface area (Å²) in [5, 5.41) is 0. The molecule has 0 unspecified atom stereocenters. The molecule has 0 atom stereocenters. The smallest absolute Gasteiger partial charge is 0.315 e. The summed E-state index contributed by atoms with van der Waals surface area (Å²) in [5.41, 5.74) is 7.49. The summed E-state index contributed by atoms with van der Waals surface area (Å²) in [6.07, 6.45) is 0.